The molecule has 2 aromatic carbocycles. The van der Waals surface area contributed by atoms with Crippen molar-refractivity contribution in [2.24, 2.45) is 0 Å². The Labute approximate surface area is 195 Å². The number of piperazine rings is 1. The fraction of sp³-hybridized carbons (Fsp3) is 0.300. The van der Waals surface area contributed by atoms with Crippen LogP contribution in [0.3, 0.4) is 0 Å². The average Bonchev–Trinajstić information content (AvgIpc) is 3.15. The third-order valence-corrected chi connectivity index (χ3v) is 6.34. The van der Waals surface area contributed by atoms with Gasteiger partial charge in [-0.15, -0.1) is 13.2 Å². The predicted molar refractivity (Wildman–Crippen MR) is 117 cm³/mol. The Morgan fingerprint density at radius 3 is 2.53 bits per heavy atom. The van der Waals surface area contributed by atoms with E-state index in [2.05, 4.69) is 9.72 Å². The van der Waals surface area contributed by atoms with Crippen LogP contribution in [-0.2, 0) is 4.79 Å². The SMILES string of the molecule is O=C(COc1ccc(Cl)cc1Cl)N1CCN(c2nc3ccc(OC(F)(F)F)cc3s2)CC1. The molecule has 1 aliphatic heterocycles. The van der Waals surface area contributed by atoms with Crippen molar-refractivity contribution < 1.29 is 27.4 Å². The van der Waals surface area contributed by atoms with Gasteiger partial charge in [-0.05, 0) is 30.3 Å². The normalized spacial score (nSPS) is 14.7. The van der Waals surface area contributed by atoms with E-state index in [4.69, 9.17) is 27.9 Å². The number of benzene rings is 2. The molecule has 0 bridgehead atoms. The zero-order chi connectivity index (χ0) is 22.9. The van der Waals surface area contributed by atoms with Crippen LogP contribution in [0.1, 0.15) is 0 Å². The zero-order valence-corrected chi connectivity index (χ0v) is 18.7. The molecule has 0 atom stereocenters. The summed E-state index contributed by atoms with van der Waals surface area (Å²) < 4.78 is 47.4. The first kappa shape index (κ1) is 22.8. The molecule has 1 saturated heterocycles. The molecule has 2 heterocycles. The van der Waals surface area contributed by atoms with E-state index < -0.39 is 6.36 Å². The summed E-state index contributed by atoms with van der Waals surface area (Å²) in [6.45, 7) is 1.87. The second kappa shape index (κ2) is 9.21. The zero-order valence-electron chi connectivity index (χ0n) is 16.4. The van der Waals surface area contributed by atoms with Gasteiger partial charge in [0.1, 0.15) is 11.5 Å². The molecule has 0 radical (unpaired) electrons. The van der Waals surface area contributed by atoms with E-state index in [9.17, 15) is 18.0 Å². The van der Waals surface area contributed by atoms with E-state index in [0.29, 0.717) is 57.3 Å². The highest BCUT2D eigenvalue weighted by Gasteiger charge is 2.31. The highest BCUT2D eigenvalue weighted by molar-refractivity contribution is 7.22. The van der Waals surface area contributed by atoms with Crippen molar-refractivity contribution in [3.05, 3.63) is 46.4 Å². The number of hydrogen-bond donors (Lipinski definition) is 0. The van der Waals surface area contributed by atoms with Crippen molar-refractivity contribution in [2.45, 2.75) is 6.36 Å². The number of rotatable bonds is 5. The first-order valence-corrected chi connectivity index (χ1v) is 11.0. The number of carbonyl (C=O) groups excluding carboxylic acids is 1. The maximum absolute atomic E-state index is 12.5. The number of nitrogens with zero attached hydrogens (tertiary/aromatic N) is 3. The van der Waals surface area contributed by atoms with Gasteiger partial charge >= 0.3 is 6.36 Å². The summed E-state index contributed by atoms with van der Waals surface area (Å²) >= 11 is 13.2. The Balaban J connectivity index is 1.33. The monoisotopic (exact) mass is 505 g/mol. The number of carbonyl (C=O) groups is 1. The van der Waals surface area contributed by atoms with Crippen LogP contribution in [0.4, 0.5) is 18.3 Å². The fourth-order valence-corrected chi connectivity index (χ4v) is 4.70. The molecule has 4 rings (SSSR count). The smallest absolute Gasteiger partial charge is 0.482 e. The summed E-state index contributed by atoms with van der Waals surface area (Å²) in [6.07, 6.45) is -4.74. The minimum absolute atomic E-state index is 0.148. The molecule has 0 spiro atoms. The van der Waals surface area contributed by atoms with E-state index in [0.717, 1.165) is 0 Å². The van der Waals surface area contributed by atoms with Gasteiger partial charge in [0.25, 0.3) is 5.91 Å². The van der Waals surface area contributed by atoms with Gasteiger partial charge in [0, 0.05) is 37.3 Å². The Bertz CT molecular complexity index is 1130. The molecule has 12 heteroatoms. The molecule has 1 fully saturated rings. The Morgan fingerprint density at radius 2 is 1.84 bits per heavy atom. The molecule has 0 N–H and O–H groups in total. The van der Waals surface area contributed by atoms with E-state index >= 15 is 0 Å². The summed E-state index contributed by atoms with van der Waals surface area (Å²) in [5, 5.41) is 1.49. The standard InChI is InChI=1S/C20H16Cl2F3N3O3S/c21-12-1-4-16(14(22)9-12)30-11-18(29)27-5-7-28(8-6-27)19-26-15-3-2-13(10-17(15)32-19)31-20(23,24)25/h1-4,9-10H,5-8,11H2. The number of anilines is 1. The maximum Gasteiger partial charge on any atom is 0.573 e. The molecule has 0 unspecified atom stereocenters. The quantitative estimate of drug-likeness (QED) is 0.475. The van der Waals surface area contributed by atoms with Crippen LogP contribution >= 0.6 is 34.5 Å². The number of thiazole rings is 1. The Morgan fingerprint density at radius 1 is 1.09 bits per heavy atom. The largest absolute Gasteiger partial charge is 0.573 e. The summed E-state index contributed by atoms with van der Waals surface area (Å²) in [7, 11) is 0. The summed E-state index contributed by atoms with van der Waals surface area (Å²) in [6, 6.07) is 8.83. The van der Waals surface area contributed by atoms with Gasteiger partial charge in [0.2, 0.25) is 0 Å². The van der Waals surface area contributed by atoms with Crippen molar-refractivity contribution in [2.75, 3.05) is 37.7 Å². The Kier molecular flexibility index (Phi) is 6.55. The second-order valence-corrected chi connectivity index (χ2v) is 8.76. The van der Waals surface area contributed by atoms with Crippen LogP contribution in [0.25, 0.3) is 10.2 Å². The Hall–Kier alpha value is -2.43. The molecule has 0 aliphatic carbocycles. The topological polar surface area (TPSA) is 54.9 Å². The number of alkyl halides is 3. The molecule has 32 heavy (non-hydrogen) atoms. The van der Waals surface area contributed by atoms with Crippen LogP contribution in [0, 0.1) is 0 Å². The van der Waals surface area contributed by atoms with Gasteiger partial charge in [0.05, 0.1) is 15.2 Å². The number of ether oxygens (including phenoxy) is 2. The molecular weight excluding hydrogens is 490 g/mol. The molecule has 1 aromatic heterocycles. The van der Waals surface area contributed by atoms with E-state index in [1.807, 2.05) is 4.90 Å². The lowest BCUT2D eigenvalue weighted by Gasteiger charge is -2.34. The molecule has 3 aromatic rings. The first-order chi connectivity index (χ1) is 15.2. The lowest BCUT2D eigenvalue weighted by atomic mass is 10.3. The van der Waals surface area contributed by atoms with Gasteiger partial charge in [-0.1, -0.05) is 34.5 Å². The molecule has 1 aliphatic rings. The van der Waals surface area contributed by atoms with Gasteiger partial charge < -0.3 is 19.3 Å². The van der Waals surface area contributed by atoms with Crippen LogP contribution in [0.15, 0.2) is 36.4 Å². The van der Waals surface area contributed by atoms with Crippen molar-refractivity contribution in [1.29, 1.82) is 0 Å². The van der Waals surface area contributed by atoms with E-state index in [1.165, 1.54) is 35.6 Å². The molecule has 6 nitrogen and oxygen atoms in total. The van der Waals surface area contributed by atoms with Crippen LogP contribution in [-0.4, -0.2) is 54.9 Å². The van der Waals surface area contributed by atoms with Gasteiger partial charge in [0.15, 0.2) is 11.7 Å². The molecular formula is C20H16Cl2F3N3O3S. The third kappa shape index (κ3) is 5.48. The maximum atomic E-state index is 12.5. The van der Waals surface area contributed by atoms with Gasteiger partial charge in [-0.2, -0.15) is 0 Å². The summed E-state index contributed by atoms with van der Waals surface area (Å²) in [5.41, 5.74) is 0.589. The van der Waals surface area contributed by atoms with Crippen LogP contribution in [0.5, 0.6) is 11.5 Å². The second-order valence-electron chi connectivity index (χ2n) is 6.91. The summed E-state index contributed by atoms with van der Waals surface area (Å²) in [5.74, 6) is -0.0725. The lowest BCUT2D eigenvalue weighted by molar-refractivity contribution is -0.274. The minimum atomic E-state index is -4.74. The number of amides is 1. The van der Waals surface area contributed by atoms with Gasteiger partial charge in [-0.3, -0.25) is 4.79 Å². The third-order valence-electron chi connectivity index (χ3n) is 4.73. The highest BCUT2D eigenvalue weighted by Crippen LogP contribution is 2.33. The minimum Gasteiger partial charge on any atom is -0.482 e. The van der Waals surface area contributed by atoms with Crippen LogP contribution in [0.2, 0.25) is 10.0 Å². The molecule has 1 amide bonds. The fourth-order valence-electron chi connectivity index (χ4n) is 3.20. The number of fused-ring (bicyclic) bond motifs is 1. The van der Waals surface area contributed by atoms with Crippen molar-refractivity contribution in [1.82, 2.24) is 9.88 Å². The van der Waals surface area contributed by atoms with Crippen LogP contribution < -0.4 is 14.4 Å². The van der Waals surface area contributed by atoms with Crippen molar-refractivity contribution in [3.63, 3.8) is 0 Å². The number of aromatic nitrogens is 1. The molecule has 0 saturated carbocycles. The number of halogens is 5. The summed E-state index contributed by atoms with van der Waals surface area (Å²) in [4.78, 5) is 20.6. The van der Waals surface area contributed by atoms with E-state index in [1.54, 1.807) is 17.0 Å². The lowest BCUT2D eigenvalue weighted by Crippen LogP contribution is -2.50. The van der Waals surface area contributed by atoms with Crippen molar-refractivity contribution >= 4 is 55.8 Å². The number of hydrogen-bond acceptors (Lipinski definition) is 6. The molecule has 170 valence electrons. The first-order valence-electron chi connectivity index (χ1n) is 9.45. The van der Waals surface area contributed by atoms with Gasteiger partial charge in [-0.25, -0.2) is 4.98 Å². The average molecular weight is 506 g/mol. The highest BCUT2D eigenvalue weighted by atomic mass is 35.5. The van der Waals surface area contributed by atoms with Crippen molar-refractivity contribution in [3.8, 4) is 11.5 Å². The predicted octanol–water partition coefficient (Wildman–Crippen LogP) is 5.23. The van der Waals surface area contributed by atoms with E-state index in [-0.39, 0.29) is 18.3 Å².